The van der Waals surface area contributed by atoms with Gasteiger partial charge in [-0.2, -0.15) is 0 Å². The summed E-state index contributed by atoms with van der Waals surface area (Å²) in [5, 5.41) is 11.9. The molecule has 0 aliphatic carbocycles. The Morgan fingerprint density at radius 3 is 2.60 bits per heavy atom. The Morgan fingerprint density at radius 1 is 1.30 bits per heavy atom. The van der Waals surface area contributed by atoms with Crippen molar-refractivity contribution in [2.45, 2.75) is 19.4 Å². The minimum atomic E-state index is -1.06. The predicted octanol–water partition coefficient (Wildman–Crippen LogP) is 2.17. The van der Waals surface area contributed by atoms with Gasteiger partial charge in [0.25, 0.3) is 0 Å². The lowest BCUT2D eigenvalue weighted by atomic mass is 10.1. The van der Waals surface area contributed by atoms with Gasteiger partial charge < -0.3 is 15.3 Å². The normalized spacial score (nSPS) is 16.2. The lowest BCUT2D eigenvalue weighted by molar-refractivity contribution is -0.139. The van der Waals surface area contributed by atoms with Crippen molar-refractivity contribution in [2.24, 2.45) is 0 Å². The number of carboxylic acid groups (broad SMARTS) is 1. The summed E-state index contributed by atoms with van der Waals surface area (Å²) in [7, 11) is 0. The van der Waals surface area contributed by atoms with Gasteiger partial charge in [-0.15, -0.1) is 0 Å². The number of benzene rings is 1. The van der Waals surface area contributed by atoms with Gasteiger partial charge in [-0.1, -0.05) is 42.0 Å². The molecule has 1 aromatic carbocycles. The fourth-order valence-corrected chi connectivity index (χ4v) is 2.23. The molecule has 2 rings (SSSR count). The SMILES string of the molecule is CC1=CCCN(C(=O)N[C@H](C(=O)O)c2ccccc2)C1. The van der Waals surface area contributed by atoms with Crippen LogP contribution in [0.25, 0.3) is 0 Å². The molecule has 20 heavy (non-hydrogen) atoms. The number of amides is 2. The van der Waals surface area contributed by atoms with Gasteiger partial charge in [0, 0.05) is 13.1 Å². The van der Waals surface area contributed by atoms with Crippen LogP contribution >= 0.6 is 0 Å². The van der Waals surface area contributed by atoms with Crippen LogP contribution < -0.4 is 5.32 Å². The zero-order valence-corrected chi connectivity index (χ0v) is 11.4. The molecule has 0 saturated carbocycles. The third-order valence-electron chi connectivity index (χ3n) is 3.27. The minimum Gasteiger partial charge on any atom is -0.479 e. The van der Waals surface area contributed by atoms with Crippen LogP contribution in [-0.4, -0.2) is 35.1 Å². The Morgan fingerprint density at radius 2 is 2.00 bits per heavy atom. The van der Waals surface area contributed by atoms with Crippen molar-refractivity contribution in [2.75, 3.05) is 13.1 Å². The summed E-state index contributed by atoms with van der Waals surface area (Å²) in [6.45, 7) is 3.13. The minimum absolute atomic E-state index is 0.339. The molecule has 2 amide bonds. The van der Waals surface area contributed by atoms with E-state index in [0.717, 1.165) is 12.0 Å². The van der Waals surface area contributed by atoms with Gasteiger partial charge in [0.1, 0.15) is 0 Å². The van der Waals surface area contributed by atoms with Crippen LogP contribution in [0.4, 0.5) is 4.79 Å². The lowest BCUT2D eigenvalue weighted by Crippen LogP contribution is -2.45. The molecular formula is C15H18N2O3. The highest BCUT2D eigenvalue weighted by atomic mass is 16.4. The zero-order chi connectivity index (χ0) is 14.5. The molecule has 5 nitrogen and oxygen atoms in total. The van der Waals surface area contributed by atoms with Gasteiger partial charge in [0.2, 0.25) is 0 Å². The van der Waals surface area contributed by atoms with Crippen molar-refractivity contribution in [1.29, 1.82) is 0 Å². The first-order valence-corrected chi connectivity index (χ1v) is 6.57. The molecule has 0 radical (unpaired) electrons. The molecule has 0 unspecified atom stereocenters. The second-order valence-corrected chi connectivity index (χ2v) is 4.89. The molecule has 1 aliphatic rings. The lowest BCUT2D eigenvalue weighted by Gasteiger charge is -2.28. The summed E-state index contributed by atoms with van der Waals surface area (Å²) in [5.41, 5.74) is 1.69. The Hall–Kier alpha value is -2.30. The molecule has 5 heteroatoms. The van der Waals surface area contributed by atoms with Gasteiger partial charge in [0.05, 0.1) is 0 Å². The van der Waals surface area contributed by atoms with Gasteiger partial charge in [-0.25, -0.2) is 9.59 Å². The Bertz CT molecular complexity index is 525. The zero-order valence-electron chi connectivity index (χ0n) is 11.4. The Labute approximate surface area is 117 Å². The molecule has 1 atom stereocenters. The number of nitrogens with zero attached hydrogens (tertiary/aromatic N) is 1. The number of urea groups is 1. The summed E-state index contributed by atoms with van der Waals surface area (Å²) < 4.78 is 0. The molecule has 2 N–H and O–H groups in total. The molecule has 0 aromatic heterocycles. The van der Waals surface area contributed by atoms with E-state index in [1.54, 1.807) is 29.2 Å². The maximum absolute atomic E-state index is 12.2. The first kappa shape index (κ1) is 14.1. The van der Waals surface area contributed by atoms with Gasteiger partial charge in [0.15, 0.2) is 6.04 Å². The molecule has 1 aromatic rings. The maximum Gasteiger partial charge on any atom is 0.330 e. The molecule has 0 bridgehead atoms. The van der Waals surface area contributed by atoms with E-state index in [2.05, 4.69) is 11.4 Å². The van der Waals surface area contributed by atoms with Crippen LogP contribution in [0.5, 0.6) is 0 Å². The number of carbonyl (C=O) groups excluding carboxylic acids is 1. The average molecular weight is 274 g/mol. The van der Waals surface area contributed by atoms with Crippen LogP contribution in [0, 0.1) is 0 Å². The van der Waals surface area contributed by atoms with Gasteiger partial charge in [-0.3, -0.25) is 0 Å². The number of nitrogens with one attached hydrogen (secondary N) is 1. The predicted molar refractivity (Wildman–Crippen MR) is 75.3 cm³/mol. The van der Waals surface area contributed by atoms with E-state index < -0.39 is 12.0 Å². The van der Waals surface area contributed by atoms with Crippen LogP contribution in [-0.2, 0) is 4.79 Å². The molecule has 0 spiro atoms. The Kier molecular flexibility index (Phi) is 4.40. The van der Waals surface area contributed by atoms with E-state index in [1.165, 1.54) is 0 Å². The fraction of sp³-hybridized carbons (Fsp3) is 0.333. The number of rotatable bonds is 3. The number of carbonyl (C=O) groups is 2. The number of hydrogen-bond donors (Lipinski definition) is 2. The van der Waals surface area contributed by atoms with E-state index in [1.807, 2.05) is 13.0 Å². The first-order chi connectivity index (χ1) is 9.58. The van der Waals surface area contributed by atoms with E-state index >= 15 is 0 Å². The molecule has 0 saturated heterocycles. The van der Waals surface area contributed by atoms with Gasteiger partial charge in [-0.05, 0) is 18.9 Å². The molecule has 106 valence electrons. The monoisotopic (exact) mass is 274 g/mol. The summed E-state index contributed by atoms with van der Waals surface area (Å²) in [6, 6.07) is 7.35. The van der Waals surface area contributed by atoms with E-state index in [9.17, 15) is 14.7 Å². The summed E-state index contributed by atoms with van der Waals surface area (Å²) in [4.78, 5) is 25.1. The molecule has 0 fully saturated rings. The highest BCUT2D eigenvalue weighted by molar-refractivity contribution is 5.83. The number of hydrogen-bond acceptors (Lipinski definition) is 2. The third-order valence-corrected chi connectivity index (χ3v) is 3.27. The standard InChI is InChI=1S/C15H18N2O3/c1-11-6-5-9-17(10-11)15(20)16-13(14(18)19)12-7-3-2-4-8-12/h2-4,6-8,13H,5,9-10H2,1H3,(H,16,20)(H,18,19)/t13-/m0/s1. The summed E-state index contributed by atoms with van der Waals surface area (Å²) in [5.74, 6) is -1.06. The number of carboxylic acids is 1. The highest BCUT2D eigenvalue weighted by Gasteiger charge is 2.25. The topological polar surface area (TPSA) is 69.6 Å². The molecule has 1 heterocycles. The molecular weight excluding hydrogens is 256 g/mol. The van der Waals surface area contributed by atoms with E-state index in [-0.39, 0.29) is 6.03 Å². The van der Waals surface area contributed by atoms with Crippen molar-refractivity contribution in [3.8, 4) is 0 Å². The highest BCUT2D eigenvalue weighted by Crippen LogP contribution is 2.15. The second-order valence-electron chi connectivity index (χ2n) is 4.89. The second kappa shape index (κ2) is 6.23. The van der Waals surface area contributed by atoms with Crippen molar-refractivity contribution >= 4 is 12.0 Å². The van der Waals surface area contributed by atoms with Crippen LogP contribution in [0.1, 0.15) is 24.9 Å². The van der Waals surface area contributed by atoms with E-state index in [4.69, 9.17) is 0 Å². The fourth-order valence-electron chi connectivity index (χ4n) is 2.23. The first-order valence-electron chi connectivity index (χ1n) is 6.57. The Balaban J connectivity index is 2.07. The van der Waals surface area contributed by atoms with Crippen molar-refractivity contribution in [3.05, 3.63) is 47.5 Å². The number of aliphatic carboxylic acids is 1. The van der Waals surface area contributed by atoms with Crippen molar-refractivity contribution in [1.82, 2.24) is 10.2 Å². The van der Waals surface area contributed by atoms with Crippen LogP contribution in [0.15, 0.2) is 42.0 Å². The summed E-state index contributed by atoms with van der Waals surface area (Å²) >= 11 is 0. The van der Waals surface area contributed by atoms with Crippen molar-refractivity contribution < 1.29 is 14.7 Å². The van der Waals surface area contributed by atoms with Crippen LogP contribution in [0.3, 0.4) is 0 Å². The van der Waals surface area contributed by atoms with Crippen molar-refractivity contribution in [3.63, 3.8) is 0 Å². The molecule has 1 aliphatic heterocycles. The van der Waals surface area contributed by atoms with E-state index in [0.29, 0.717) is 18.7 Å². The largest absolute Gasteiger partial charge is 0.479 e. The average Bonchev–Trinajstić information content (AvgIpc) is 2.45. The van der Waals surface area contributed by atoms with Crippen LogP contribution in [0.2, 0.25) is 0 Å². The quantitative estimate of drug-likeness (QED) is 0.830. The summed E-state index contributed by atoms with van der Waals surface area (Å²) in [6.07, 6.45) is 2.90. The maximum atomic E-state index is 12.2. The third kappa shape index (κ3) is 3.38. The smallest absolute Gasteiger partial charge is 0.330 e. The van der Waals surface area contributed by atoms with Gasteiger partial charge >= 0.3 is 12.0 Å².